The SMILES string of the molecule is COCCOCc1cccc(NC(=O)CNC2CC2)c1. The minimum absolute atomic E-state index is 0.00523. The Bertz CT molecular complexity index is 433. The Morgan fingerprint density at radius 2 is 2.20 bits per heavy atom. The summed E-state index contributed by atoms with van der Waals surface area (Å²) in [7, 11) is 1.65. The van der Waals surface area contributed by atoms with Crippen LogP contribution >= 0.6 is 0 Å². The van der Waals surface area contributed by atoms with Gasteiger partial charge in [-0.15, -0.1) is 0 Å². The molecule has 2 rings (SSSR count). The number of benzene rings is 1. The van der Waals surface area contributed by atoms with E-state index in [0.717, 1.165) is 11.3 Å². The molecule has 1 aliphatic rings. The fourth-order valence-corrected chi connectivity index (χ4v) is 1.80. The number of hydrogen-bond donors (Lipinski definition) is 2. The van der Waals surface area contributed by atoms with Gasteiger partial charge in [0.15, 0.2) is 0 Å². The maximum absolute atomic E-state index is 11.7. The molecule has 20 heavy (non-hydrogen) atoms. The van der Waals surface area contributed by atoms with E-state index in [2.05, 4.69) is 10.6 Å². The number of hydrogen-bond acceptors (Lipinski definition) is 4. The third kappa shape index (κ3) is 5.69. The van der Waals surface area contributed by atoms with Crippen molar-refractivity contribution in [3.8, 4) is 0 Å². The van der Waals surface area contributed by atoms with Gasteiger partial charge in [0.25, 0.3) is 0 Å². The van der Waals surface area contributed by atoms with E-state index in [9.17, 15) is 4.79 Å². The zero-order valence-electron chi connectivity index (χ0n) is 11.9. The van der Waals surface area contributed by atoms with Crippen LogP contribution in [0, 0.1) is 0 Å². The van der Waals surface area contributed by atoms with Crippen LogP contribution in [0.25, 0.3) is 0 Å². The van der Waals surface area contributed by atoms with Crippen LogP contribution in [0.4, 0.5) is 5.69 Å². The highest BCUT2D eigenvalue weighted by atomic mass is 16.5. The second kappa shape index (κ2) is 7.99. The number of anilines is 1. The number of carbonyl (C=O) groups is 1. The molecule has 5 heteroatoms. The van der Waals surface area contributed by atoms with Crippen molar-refractivity contribution in [2.75, 3.05) is 32.2 Å². The van der Waals surface area contributed by atoms with Gasteiger partial charge in [-0.05, 0) is 30.5 Å². The minimum atomic E-state index is -0.00523. The molecule has 0 heterocycles. The summed E-state index contributed by atoms with van der Waals surface area (Å²) >= 11 is 0. The zero-order chi connectivity index (χ0) is 14.2. The van der Waals surface area contributed by atoms with Crippen LogP contribution in [-0.4, -0.2) is 38.8 Å². The molecule has 110 valence electrons. The molecule has 2 N–H and O–H groups in total. The summed E-state index contributed by atoms with van der Waals surface area (Å²) in [6, 6.07) is 8.25. The molecule has 1 aromatic carbocycles. The first-order valence-electron chi connectivity index (χ1n) is 6.97. The molecule has 0 unspecified atom stereocenters. The Balaban J connectivity index is 1.74. The molecule has 5 nitrogen and oxygen atoms in total. The Labute approximate surface area is 119 Å². The number of rotatable bonds is 9. The second-order valence-corrected chi connectivity index (χ2v) is 4.95. The molecule has 0 aliphatic heterocycles. The normalized spacial score (nSPS) is 14.2. The van der Waals surface area contributed by atoms with E-state index in [1.807, 2.05) is 24.3 Å². The van der Waals surface area contributed by atoms with E-state index in [4.69, 9.17) is 9.47 Å². The van der Waals surface area contributed by atoms with Crippen LogP contribution in [0.1, 0.15) is 18.4 Å². The molecular weight excluding hydrogens is 256 g/mol. The van der Waals surface area contributed by atoms with Crippen LogP contribution in [0.3, 0.4) is 0 Å². The van der Waals surface area contributed by atoms with E-state index in [0.29, 0.717) is 32.4 Å². The summed E-state index contributed by atoms with van der Waals surface area (Å²) in [6.07, 6.45) is 2.36. The molecule has 0 spiro atoms. The molecule has 1 amide bonds. The maximum Gasteiger partial charge on any atom is 0.238 e. The Morgan fingerprint density at radius 1 is 1.35 bits per heavy atom. The third-order valence-electron chi connectivity index (χ3n) is 3.04. The van der Waals surface area contributed by atoms with Crippen molar-refractivity contribution in [1.82, 2.24) is 5.32 Å². The average Bonchev–Trinajstić information content (AvgIpc) is 3.26. The summed E-state index contributed by atoms with van der Waals surface area (Å²) in [5.41, 5.74) is 1.84. The van der Waals surface area contributed by atoms with Crippen LogP contribution in [0.2, 0.25) is 0 Å². The number of methoxy groups -OCH3 is 1. The molecular formula is C15H22N2O3. The lowest BCUT2D eigenvalue weighted by Gasteiger charge is -2.08. The molecule has 0 saturated heterocycles. The van der Waals surface area contributed by atoms with Gasteiger partial charge in [-0.25, -0.2) is 0 Å². The Hall–Kier alpha value is -1.43. The lowest BCUT2D eigenvalue weighted by atomic mass is 10.2. The van der Waals surface area contributed by atoms with Gasteiger partial charge < -0.3 is 20.1 Å². The molecule has 0 radical (unpaired) electrons. The number of amides is 1. The van der Waals surface area contributed by atoms with E-state index < -0.39 is 0 Å². The number of nitrogens with one attached hydrogen (secondary N) is 2. The van der Waals surface area contributed by atoms with Gasteiger partial charge in [0.2, 0.25) is 5.91 Å². The van der Waals surface area contributed by atoms with Gasteiger partial charge in [0.1, 0.15) is 0 Å². The van der Waals surface area contributed by atoms with Crippen LogP contribution < -0.4 is 10.6 Å². The predicted octanol–water partition coefficient (Wildman–Crippen LogP) is 1.54. The first-order chi connectivity index (χ1) is 9.78. The molecule has 0 aromatic heterocycles. The molecule has 1 fully saturated rings. The van der Waals surface area contributed by atoms with Gasteiger partial charge in [-0.2, -0.15) is 0 Å². The van der Waals surface area contributed by atoms with E-state index in [1.54, 1.807) is 7.11 Å². The largest absolute Gasteiger partial charge is 0.382 e. The molecule has 1 saturated carbocycles. The van der Waals surface area contributed by atoms with Crippen molar-refractivity contribution in [1.29, 1.82) is 0 Å². The van der Waals surface area contributed by atoms with Crippen molar-refractivity contribution in [2.45, 2.75) is 25.5 Å². The van der Waals surface area contributed by atoms with E-state index in [1.165, 1.54) is 12.8 Å². The second-order valence-electron chi connectivity index (χ2n) is 4.95. The molecule has 0 atom stereocenters. The van der Waals surface area contributed by atoms with Gasteiger partial charge in [0.05, 0.1) is 26.4 Å². The Kier molecular flexibility index (Phi) is 5.98. The highest BCUT2D eigenvalue weighted by Gasteiger charge is 2.21. The number of ether oxygens (including phenoxy) is 2. The summed E-state index contributed by atoms with van der Waals surface area (Å²) in [6.45, 7) is 2.05. The molecule has 1 aromatic rings. The maximum atomic E-state index is 11.7. The smallest absolute Gasteiger partial charge is 0.238 e. The van der Waals surface area contributed by atoms with Gasteiger partial charge in [-0.3, -0.25) is 4.79 Å². The zero-order valence-corrected chi connectivity index (χ0v) is 11.9. The minimum Gasteiger partial charge on any atom is -0.382 e. The van der Waals surface area contributed by atoms with Crippen molar-refractivity contribution in [3.05, 3.63) is 29.8 Å². The van der Waals surface area contributed by atoms with Crippen LogP contribution in [0.5, 0.6) is 0 Å². The highest BCUT2D eigenvalue weighted by molar-refractivity contribution is 5.92. The lowest BCUT2D eigenvalue weighted by Crippen LogP contribution is -2.29. The summed E-state index contributed by atoms with van der Waals surface area (Å²) in [5.74, 6) is -0.00523. The quantitative estimate of drug-likeness (QED) is 0.673. The molecule has 0 bridgehead atoms. The van der Waals surface area contributed by atoms with Crippen molar-refractivity contribution in [2.24, 2.45) is 0 Å². The topological polar surface area (TPSA) is 59.6 Å². The Morgan fingerprint density at radius 3 is 2.95 bits per heavy atom. The first-order valence-corrected chi connectivity index (χ1v) is 6.97. The average molecular weight is 278 g/mol. The van der Waals surface area contributed by atoms with Crippen molar-refractivity contribution < 1.29 is 14.3 Å². The monoisotopic (exact) mass is 278 g/mol. The fraction of sp³-hybridized carbons (Fsp3) is 0.533. The fourth-order valence-electron chi connectivity index (χ4n) is 1.80. The van der Waals surface area contributed by atoms with E-state index in [-0.39, 0.29) is 5.91 Å². The highest BCUT2D eigenvalue weighted by Crippen LogP contribution is 2.18. The van der Waals surface area contributed by atoms with Crippen LogP contribution in [0.15, 0.2) is 24.3 Å². The third-order valence-corrected chi connectivity index (χ3v) is 3.04. The predicted molar refractivity (Wildman–Crippen MR) is 77.6 cm³/mol. The van der Waals surface area contributed by atoms with Crippen molar-refractivity contribution in [3.63, 3.8) is 0 Å². The summed E-state index contributed by atoms with van der Waals surface area (Å²) in [4.78, 5) is 11.7. The van der Waals surface area contributed by atoms with E-state index >= 15 is 0 Å². The van der Waals surface area contributed by atoms with Gasteiger partial charge in [0, 0.05) is 18.8 Å². The van der Waals surface area contributed by atoms with Gasteiger partial charge in [-0.1, -0.05) is 12.1 Å². The summed E-state index contributed by atoms with van der Waals surface area (Å²) < 4.78 is 10.4. The van der Waals surface area contributed by atoms with Gasteiger partial charge >= 0.3 is 0 Å². The standard InChI is InChI=1S/C15H22N2O3/c1-19-7-8-20-11-12-3-2-4-14(9-12)17-15(18)10-16-13-5-6-13/h2-4,9,13,16H,5-8,10-11H2,1H3,(H,17,18). The number of carbonyl (C=O) groups excluding carboxylic acids is 1. The van der Waals surface area contributed by atoms with Crippen LogP contribution in [-0.2, 0) is 20.9 Å². The lowest BCUT2D eigenvalue weighted by molar-refractivity contribution is -0.115. The summed E-state index contributed by atoms with van der Waals surface area (Å²) in [5, 5.41) is 6.07. The first kappa shape index (κ1) is 15.0. The molecule has 1 aliphatic carbocycles. The van der Waals surface area contributed by atoms with Crippen molar-refractivity contribution >= 4 is 11.6 Å².